The standard InChI is InChI=1S/C7H16N2O2S/c1-7-3-4-8-5-6-9(7)12(2,10)11/h7-8H,3-6H2,1-2H3. The van der Waals surface area contributed by atoms with Crippen LogP contribution >= 0.6 is 0 Å². The summed E-state index contributed by atoms with van der Waals surface area (Å²) in [5, 5.41) is 3.17. The molecule has 1 rings (SSSR count). The minimum absolute atomic E-state index is 0.134. The number of hydrogen-bond acceptors (Lipinski definition) is 3. The molecule has 1 aliphatic rings. The van der Waals surface area contributed by atoms with Gasteiger partial charge in [-0.2, -0.15) is 4.31 Å². The van der Waals surface area contributed by atoms with Gasteiger partial charge in [0.25, 0.3) is 0 Å². The van der Waals surface area contributed by atoms with E-state index >= 15 is 0 Å². The molecule has 1 aliphatic heterocycles. The Hall–Kier alpha value is -0.130. The largest absolute Gasteiger partial charge is 0.315 e. The fraction of sp³-hybridized carbons (Fsp3) is 1.00. The summed E-state index contributed by atoms with van der Waals surface area (Å²) >= 11 is 0. The van der Waals surface area contributed by atoms with E-state index in [4.69, 9.17) is 0 Å². The van der Waals surface area contributed by atoms with E-state index in [0.717, 1.165) is 19.5 Å². The predicted molar refractivity (Wildman–Crippen MR) is 48.5 cm³/mol. The lowest BCUT2D eigenvalue weighted by molar-refractivity contribution is 0.353. The summed E-state index contributed by atoms with van der Waals surface area (Å²) in [4.78, 5) is 0. The predicted octanol–water partition coefficient (Wildman–Crippen LogP) is -0.370. The number of hydrogen-bond donors (Lipinski definition) is 1. The molecular weight excluding hydrogens is 176 g/mol. The minimum Gasteiger partial charge on any atom is -0.315 e. The van der Waals surface area contributed by atoms with Crippen LogP contribution in [0.1, 0.15) is 13.3 Å². The quantitative estimate of drug-likeness (QED) is 0.616. The fourth-order valence-electron chi connectivity index (χ4n) is 1.48. The monoisotopic (exact) mass is 192 g/mol. The molecule has 0 radical (unpaired) electrons. The summed E-state index contributed by atoms with van der Waals surface area (Å²) in [6, 6.07) is 0.134. The molecule has 0 aromatic heterocycles. The lowest BCUT2D eigenvalue weighted by atomic mass is 10.2. The van der Waals surface area contributed by atoms with Crippen molar-refractivity contribution in [3.05, 3.63) is 0 Å². The van der Waals surface area contributed by atoms with Crippen LogP contribution in [-0.2, 0) is 10.0 Å². The zero-order valence-corrected chi connectivity index (χ0v) is 8.39. The van der Waals surface area contributed by atoms with Gasteiger partial charge in [-0.1, -0.05) is 0 Å². The molecule has 0 aliphatic carbocycles. The van der Waals surface area contributed by atoms with Gasteiger partial charge >= 0.3 is 0 Å². The van der Waals surface area contributed by atoms with Gasteiger partial charge in [0.1, 0.15) is 0 Å². The van der Waals surface area contributed by atoms with Crippen molar-refractivity contribution < 1.29 is 8.42 Å². The molecule has 4 nitrogen and oxygen atoms in total. The van der Waals surface area contributed by atoms with Gasteiger partial charge in [-0.3, -0.25) is 0 Å². The zero-order valence-electron chi connectivity index (χ0n) is 7.58. The second kappa shape index (κ2) is 3.72. The van der Waals surface area contributed by atoms with Gasteiger partial charge in [0.15, 0.2) is 0 Å². The van der Waals surface area contributed by atoms with Crippen LogP contribution < -0.4 is 5.32 Å². The second-order valence-corrected chi connectivity index (χ2v) is 5.20. The summed E-state index contributed by atoms with van der Waals surface area (Å²) in [7, 11) is -3.01. The molecule has 5 heteroatoms. The first-order valence-corrected chi connectivity index (χ1v) is 6.04. The fourth-order valence-corrected chi connectivity index (χ4v) is 2.66. The van der Waals surface area contributed by atoms with Gasteiger partial charge in [-0.05, 0) is 19.9 Å². The third-order valence-electron chi connectivity index (χ3n) is 2.17. The molecular formula is C7H16N2O2S. The summed E-state index contributed by atoms with van der Waals surface area (Å²) in [6.07, 6.45) is 2.17. The molecule has 0 spiro atoms. The van der Waals surface area contributed by atoms with Crippen molar-refractivity contribution >= 4 is 10.0 Å². The van der Waals surface area contributed by atoms with Crippen LogP contribution in [0.15, 0.2) is 0 Å². The first-order chi connectivity index (χ1) is 5.52. The molecule has 1 saturated heterocycles. The first-order valence-electron chi connectivity index (χ1n) is 4.19. The van der Waals surface area contributed by atoms with Gasteiger partial charge in [-0.25, -0.2) is 8.42 Å². The highest BCUT2D eigenvalue weighted by Gasteiger charge is 2.23. The van der Waals surface area contributed by atoms with Gasteiger partial charge in [-0.15, -0.1) is 0 Å². The van der Waals surface area contributed by atoms with Crippen LogP contribution in [0, 0.1) is 0 Å². The van der Waals surface area contributed by atoms with Crippen LogP contribution in [-0.4, -0.2) is 44.7 Å². The third-order valence-corrected chi connectivity index (χ3v) is 3.56. The van der Waals surface area contributed by atoms with Crippen molar-refractivity contribution in [3.63, 3.8) is 0 Å². The van der Waals surface area contributed by atoms with Crippen molar-refractivity contribution in [2.45, 2.75) is 19.4 Å². The van der Waals surface area contributed by atoms with Crippen molar-refractivity contribution in [1.29, 1.82) is 0 Å². The van der Waals surface area contributed by atoms with E-state index in [9.17, 15) is 8.42 Å². The Labute approximate surface area is 74.0 Å². The Kier molecular flexibility index (Phi) is 3.09. The van der Waals surface area contributed by atoms with Gasteiger partial charge in [0, 0.05) is 19.1 Å². The SMILES string of the molecule is CC1CCNCCN1S(C)(=O)=O. The van der Waals surface area contributed by atoms with E-state index in [-0.39, 0.29) is 6.04 Å². The van der Waals surface area contributed by atoms with E-state index < -0.39 is 10.0 Å². The summed E-state index contributed by atoms with van der Waals surface area (Å²) in [6.45, 7) is 4.22. The molecule has 12 heavy (non-hydrogen) atoms. The van der Waals surface area contributed by atoms with Crippen molar-refractivity contribution in [1.82, 2.24) is 9.62 Å². The van der Waals surface area contributed by atoms with Crippen LogP contribution in [0.4, 0.5) is 0 Å². The molecule has 1 fully saturated rings. The maximum Gasteiger partial charge on any atom is 0.211 e. The smallest absolute Gasteiger partial charge is 0.211 e. The molecule has 0 amide bonds. The molecule has 0 bridgehead atoms. The zero-order chi connectivity index (χ0) is 9.19. The average molecular weight is 192 g/mol. The van der Waals surface area contributed by atoms with Gasteiger partial charge in [0.05, 0.1) is 6.26 Å². The molecule has 1 N–H and O–H groups in total. The van der Waals surface area contributed by atoms with Crippen molar-refractivity contribution in [2.75, 3.05) is 25.9 Å². The number of rotatable bonds is 1. The Balaban J connectivity index is 2.72. The molecule has 0 aromatic rings. The Bertz CT molecular complexity index is 238. The lowest BCUT2D eigenvalue weighted by Gasteiger charge is -2.23. The number of nitrogens with zero attached hydrogens (tertiary/aromatic N) is 1. The van der Waals surface area contributed by atoms with E-state index in [1.807, 2.05) is 6.92 Å². The van der Waals surface area contributed by atoms with Crippen molar-refractivity contribution in [3.8, 4) is 0 Å². The lowest BCUT2D eigenvalue weighted by Crippen LogP contribution is -2.38. The number of sulfonamides is 1. The second-order valence-electron chi connectivity index (χ2n) is 3.26. The van der Waals surface area contributed by atoms with E-state index in [1.54, 1.807) is 4.31 Å². The Morgan fingerprint density at radius 2 is 2.08 bits per heavy atom. The Morgan fingerprint density at radius 1 is 1.42 bits per heavy atom. The molecule has 1 atom stereocenters. The first kappa shape index (κ1) is 9.95. The normalized spacial score (nSPS) is 28.3. The van der Waals surface area contributed by atoms with E-state index in [2.05, 4.69) is 5.32 Å². The Morgan fingerprint density at radius 3 is 2.67 bits per heavy atom. The molecule has 0 aromatic carbocycles. The molecule has 72 valence electrons. The number of nitrogens with one attached hydrogen (secondary N) is 1. The van der Waals surface area contributed by atoms with Gasteiger partial charge < -0.3 is 5.32 Å². The molecule has 1 heterocycles. The van der Waals surface area contributed by atoms with Crippen LogP contribution in [0.5, 0.6) is 0 Å². The topological polar surface area (TPSA) is 49.4 Å². The van der Waals surface area contributed by atoms with E-state index in [0.29, 0.717) is 6.54 Å². The van der Waals surface area contributed by atoms with Crippen LogP contribution in [0.2, 0.25) is 0 Å². The molecule has 0 saturated carbocycles. The maximum atomic E-state index is 11.2. The van der Waals surface area contributed by atoms with Gasteiger partial charge in [0.2, 0.25) is 10.0 Å². The van der Waals surface area contributed by atoms with Crippen LogP contribution in [0.3, 0.4) is 0 Å². The summed E-state index contributed by atoms with van der Waals surface area (Å²) < 4.78 is 24.1. The van der Waals surface area contributed by atoms with Crippen molar-refractivity contribution in [2.24, 2.45) is 0 Å². The maximum absolute atomic E-state index is 11.2. The molecule has 1 unspecified atom stereocenters. The summed E-state index contributed by atoms with van der Waals surface area (Å²) in [5.74, 6) is 0. The summed E-state index contributed by atoms with van der Waals surface area (Å²) in [5.41, 5.74) is 0. The highest BCUT2D eigenvalue weighted by molar-refractivity contribution is 7.88. The average Bonchev–Trinajstić information content (AvgIpc) is 2.11. The third kappa shape index (κ3) is 2.43. The highest BCUT2D eigenvalue weighted by atomic mass is 32.2. The van der Waals surface area contributed by atoms with E-state index in [1.165, 1.54) is 6.26 Å². The van der Waals surface area contributed by atoms with Crippen LogP contribution in [0.25, 0.3) is 0 Å². The minimum atomic E-state index is -3.01. The highest BCUT2D eigenvalue weighted by Crippen LogP contribution is 2.09.